The van der Waals surface area contributed by atoms with Crippen LogP contribution in [-0.4, -0.2) is 0 Å². The second-order valence-corrected chi connectivity index (χ2v) is 3.50. The molecule has 0 saturated carbocycles. The predicted octanol–water partition coefficient (Wildman–Crippen LogP) is 4.75. The lowest BCUT2D eigenvalue weighted by Crippen LogP contribution is -1.93. The van der Waals surface area contributed by atoms with E-state index in [1.165, 1.54) is 12.0 Å². The van der Waals surface area contributed by atoms with Crippen molar-refractivity contribution in [2.24, 2.45) is 5.92 Å². The largest absolute Gasteiger partial charge is 0.0991 e. The van der Waals surface area contributed by atoms with Gasteiger partial charge in [-0.05, 0) is 18.4 Å². The summed E-state index contributed by atoms with van der Waals surface area (Å²) in [7, 11) is 0. The number of hydrogen-bond donors (Lipinski definition) is 0. The maximum atomic E-state index is 3.88. The minimum atomic E-state index is 0.551. The molecule has 0 aliphatic carbocycles. The zero-order valence-corrected chi connectivity index (χ0v) is 9.85. The molecule has 0 radical (unpaired) electrons. The molecule has 0 fully saturated rings. The van der Waals surface area contributed by atoms with Gasteiger partial charge in [-0.2, -0.15) is 0 Å². The molecule has 0 heteroatoms. The van der Waals surface area contributed by atoms with E-state index < -0.39 is 0 Å². The van der Waals surface area contributed by atoms with Crippen LogP contribution in [0.2, 0.25) is 0 Å². The fourth-order valence-corrected chi connectivity index (χ4v) is 0.954. The van der Waals surface area contributed by atoms with Gasteiger partial charge in [-0.1, -0.05) is 65.0 Å². The molecule has 0 aromatic rings. The Bertz CT molecular complexity index is 170. The number of hydrogen-bond acceptors (Lipinski definition) is 0. The van der Waals surface area contributed by atoms with Crippen LogP contribution in [0, 0.1) is 5.92 Å². The first-order chi connectivity index (χ1) is 6.01. The summed E-state index contributed by atoms with van der Waals surface area (Å²) >= 11 is 0. The summed E-state index contributed by atoms with van der Waals surface area (Å²) in [6.45, 7) is 18.1. The first-order valence-electron chi connectivity index (χ1n) is 4.99. The second kappa shape index (κ2) is 9.31. The van der Waals surface area contributed by atoms with Crippen molar-refractivity contribution in [1.82, 2.24) is 0 Å². The van der Waals surface area contributed by atoms with Crippen molar-refractivity contribution >= 4 is 0 Å². The Morgan fingerprint density at radius 2 is 1.69 bits per heavy atom. The minimum Gasteiger partial charge on any atom is -0.0991 e. The van der Waals surface area contributed by atoms with Crippen LogP contribution in [0.5, 0.6) is 0 Å². The average Bonchev–Trinajstić information content (AvgIpc) is 2.00. The van der Waals surface area contributed by atoms with Gasteiger partial charge in [-0.15, -0.1) is 0 Å². The molecule has 0 spiro atoms. The molecule has 13 heavy (non-hydrogen) atoms. The van der Waals surface area contributed by atoms with Crippen molar-refractivity contribution in [3.63, 3.8) is 0 Å². The van der Waals surface area contributed by atoms with E-state index in [1.54, 1.807) is 0 Å². The quantitative estimate of drug-likeness (QED) is 0.550. The van der Waals surface area contributed by atoms with E-state index in [1.807, 2.05) is 19.1 Å². The third kappa shape index (κ3) is 9.13. The molecule has 76 valence electrons. The van der Waals surface area contributed by atoms with E-state index in [9.17, 15) is 0 Å². The highest BCUT2D eigenvalue weighted by Gasteiger charge is 2.00. The van der Waals surface area contributed by atoms with Gasteiger partial charge in [-0.25, -0.2) is 0 Å². The zero-order valence-electron chi connectivity index (χ0n) is 9.85. The monoisotopic (exact) mass is 180 g/mol. The molecule has 0 aliphatic heterocycles. The van der Waals surface area contributed by atoms with Crippen LogP contribution in [0.1, 0.15) is 41.0 Å². The maximum Gasteiger partial charge on any atom is -0.0216 e. The van der Waals surface area contributed by atoms with Crippen LogP contribution in [0.4, 0.5) is 0 Å². The van der Waals surface area contributed by atoms with Gasteiger partial charge in [-0.3, -0.25) is 0 Å². The summed E-state index contributed by atoms with van der Waals surface area (Å²) in [5, 5.41) is 0. The summed E-state index contributed by atoms with van der Waals surface area (Å²) in [4.78, 5) is 0. The zero-order chi connectivity index (χ0) is 10.9. The number of allylic oxidation sites excluding steroid dienone is 4. The van der Waals surface area contributed by atoms with Crippen molar-refractivity contribution in [3.05, 3.63) is 36.5 Å². The Labute approximate surface area is 84.1 Å². The molecule has 0 N–H and O–H groups in total. The van der Waals surface area contributed by atoms with Crippen molar-refractivity contribution < 1.29 is 0 Å². The Hall–Kier alpha value is -0.780. The molecule has 0 heterocycles. The SMILES string of the molecule is C=C/C=C(\C(=C)C)C(C)C.CCC. The fourth-order valence-electron chi connectivity index (χ4n) is 0.954. The highest BCUT2D eigenvalue weighted by atomic mass is 14.1. The van der Waals surface area contributed by atoms with Crippen molar-refractivity contribution in [2.75, 3.05) is 0 Å². The van der Waals surface area contributed by atoms with Crippen LogP contribution in [0.25, 0.3) is 0 Å². The average molecular weight is 180 g/mol. The third-order valence-corrected chi connectivity index (χ3v) is 1.41. The third-order valence-electron chi connectivity index (χ3n) is 1.41. The highest BCUT2D eigenvalue weighted by Crippen LogP contribution is 2.16. The van der Waals surface area contributed by atoms with Gasteiger partial charge in [0.15, 0.2) is 0 Å². The maximum absolute atomic E-state index is 3.88. The summed E-state index contributed by atoms with van der Waals surface area (Å²) in [6.07, 6.45) is 5.08. The van der Waals surface area contributed by atoms with Gasteiger partial charge in [0.25, 0.3) is 0 Å². The van der Waals surface area contributed by atoms with Crippen molar-refractivity contribution in [3.8, 4) is 0 Å². The Morgan fingerprint density at radius 1 is 1.31 bits per heavy atom. The van der Waals surface area contributed by atoms with E-state index in [0.29, 0.717) is 5.92 Å². The normalized spacial score (nSPS) is 10.5. The molecule has 0 amide bonds. The van der Waals surface area contributed by atoms with Gasteiger partial charge in [0.05, 0.1) is 0 Å². The van der Waals surface area contributed by atoms with Crippen LogP contribution < -0.4 is 0 Å². The Balaban J connectivity index is 0. The molecule has 0 aliphatic rings. The highest BCUT2D eigenvalue weighted by molar-refractivity contribution is 5.30. The molecule has 0 saturated heterocycles. The molecule has 0 unspecified atom stereocenters. The van der Waals surface area contributed by atoms with E-state index in [-0.39, 0.29) is 0 Å². The first kappa shape index (κ1) is 14.7. The lowest BCUT2D eigenvalue weighted by atomic mass is 9.97. The second-order valence-electron chi connectivity index (χ2n) is 3.50. The molecule has 0 aromatic carbocycles. The standard InChI is InChI=1S/C10H16.C3H8/c1-6-7-10(8(2)3)9(4)5;1-3-2/h6-7,9H,1-2H2,3-5H3;3H2,1-2H3/b10-7+;. The van der Waals surface area contributed by atoms with Gasteiger partial charge >= 0.3 is 0 Å². The van der Waals surface area contributed by atoms with Crippen molar-refractivity contribution in [1.29, 1.82) is 0 Å². The molecule has 0 rings (SSSR count). The summed E-state index contributed by atoms with van der Waals surface area (Å²) in [5.41, 5.74) is 2.42. The predicted molar refractivity (Wildman–Crippen MR) is 63.9 cm³/mol. The lowest BCUT2D eigenvalue weighted by molar-refractivity contribution is 0.779. The van der Waals surface area contributed by atoms with Crippen LogP contribution in [0.3, 0.4) is 0 Å². The van der Waals surface area contributed by atoms with Gasteiger partial charge < -0.3 is 0 Å². The van der Waals surface area contributed by atoms with Gasteiger partial charge in [0.1, 0.15) is 0 Å². The first-order valence-corrected chi connectivity index (χ1v) is 4.99. The molecular formula is C13H24. The van der Waals surface area contributed by atoms with E-state index >= 15 is 0 Å². The molecule has 0 atom stereocenters. The lowest BCUT2D eigenvalue weighted by Gasteiger charge is -2.09. The summed E-state index contributed by atoms with van der Waals surface area (Å²) in [6, 6.07) is 0. The molecule has 0 nitrogen and oxygen atoms in total. The van der Waals surface area contributed by atoms with Crippen LogP contribution in [-0.2, 0) is 0 Å². The Kier molecular flexibility index (Phi) is 10.5. The minimum absolute atomic E-state index is 0.551. The summed E-state index contributed by atoms with van der Waals surface area (Å²) < 4.78 is 0. The molecule has 0 bridgehead atoms. The van der Waals surface area contributed by atoms with Gasteiger partial charge in [0.2, 0.25) is 0 Å². The summed E-state index contributed by atoms with van der Waals surface area (Å²) in [5.74, 6) is 0.551. The van der Waals surface area contributed by atoms with E-state index in [4.69, 9.17) is 0 Å². The number of rotatable bonds is 3. The smallest absolute Gasteiger partial charge is 0.0216 e. The Morgan fingerprint density at radius 3 is 1.77 bits per heavy atom. The molecule has 0 aromatic heterocycles. The van der Waals surface area contributed by atoms with E-state index in [2.05, 4.69) is 40.9 Å². The van der Waals surface area contributed by atoms with Crippen LogP contribution in [0.15, 0.2) is 36.5 Å². The van der Waals surface area contributed by atoms with Crippen LogP contribution >= 0.6 is 0 Å². The topological polar surface area (TPSA) is 0 Å². The van der Waals surface area contributed by atoms with Crippen molar-refractivity contribution in [2.45, 2.75) is 41.0 Å². The van der Waals surface area contributed by atoms with Gasteiger partial charge in [0, 0.05) is 0 Å². The fraction of sp³-hybridized carbons (Fsp3) is 0.538. The molecular weight excluding hydrogens is 156 g/mol. The van der Waals surface area contributed by atoms with E-state index in [0.717, 1.165) is 5.57 Å².